The zero-order chi connectivity index (χ0) is 13.5. The zero-order valence-electron chi connectivity index (χ0n) is 11.6. The van der Waals surface area contributed by atoms with E-state index >= 15 is 0 Å². The summed E-state index contributed by atoms with van der Waals surface area (Å²) < 4.78 is 5.36. The minimum Gasteiger partial charge on any atom is -0.463 e. The van der Waals surface area contributed by atoms with Crippen LogP contribution in [0.4, 0.5) is 11.9 Å². The van der Waals surface area contributed by atoms with Crippen LogP contribution in [0.15, 0.2) is 0 Å². The summed E-state index contributed by atoms with van der Waals surface area (Å²) in [5.74, 6) is 1.18. The molecule has 0 aromatic carbocycles. The number of nitrogen functional groups attached to an aromatic ring is 1. The molecule has 6 nitrogen and oxygen atoms in total. The van der Waals surface area contributed by atoms with Crippen molar-refractivity contribution < 1.29 is 4.74 Å². The molecule has 6 heteroatoms. The molecule has 2 unspecified atom stereocenters. The van der Waals surface area contributed by atoms with Gasteiger partial charge < -0.3 is 15.8 Å². The summed E-state index contributed by atoms with van der Waals surface area (Å²) in [6.45, 7) is 9.02. The highest BCUT2D eigenvalue weighted by Gasteiger charge is 2.13. The Morgan fingerprint density at radius 1 is 1.22 bits per heavy atom. The van der Waals surface area contributed by atoms with Crippen molar-refractivity contribution in [1.29, 1.82) is 0 Å². The molecule has 0 saturated heterocycles. The second-order valence-electron chi connectivity index (χ2n) is 4.47. The van der Waals surface area contributed by atoms with E-state index in [-0.39, 0.29) is 18.0 Å². The second kappa shape index (κ2) is 6.98. The van der Waals surface area contributed by atoms with E-state index in [0.717, 1.165) is 12.8 Å². The lowest BCUT2D eigenvalue weighted by Gasteiger charge is -2.19. The molecule has 0 saturated carbocycles. The summed E-state index contributed by atoms with van der Waals surface area (Å²) in [4.78, 5) is 12.2. The van der Waals surface area contributed by atoms with Gasteiger partial charge >= 0.3 is 6.01 Å². The van der Waals surface area contributed by atoms with E-state index in [9.17, 15) is 0 Å². The number of rotatable bonds is 7. The molecule has 1 rings (SSSR count). The Hall–Kier alpha value is -1.59. The summed E-state index contributed by atoms with van der Waals surface area (Å²) in [7, 11) is 0. The van der Waals surface area contributed by atoms with Crippen LogP contribution in [-0.4, -0.2) is 27.6 Å². The number of hydrogen-bond donors (Lipinski definition) is 2. The van der Waals surface area contributed by atoms with Gasteiger partial charge in [0.25, 0.3) is 0 Å². The third-order valence-corrected chi connectivity index (χ3v) is 2.92. The first kappa shape index (κ1) is 14.5. The predicted octanol–water partition coefficient (Wildman–Crippen LogP) is 2.09. The van der Waals surface area contributed by atoms with Crippen LogP contribution in [0.2, 0.25) is 0 Å². The fraction of sp³-hybridized carbons (Fsp3) is 0.750. The number of nitrogens with one attached hydrogen (secondary N) is 1. The Bertz CT molecular complexity index is 371. The van der Waals surface area contributed by atoms with Crippen molar-refractivity contribution in [2.75, 3.05) is 17.7 Å². The highest BCUT2D eigenvalue weighted by atomic mass is 16.5. The van der Waals surface area contributed by atoms with Gasteiger partial charge in [0.1, 0.15) is 0 Å². The molecule has 2 atom stereocenters. The zero-order valence-corrected chi connectivity index (χ0v) is 11.6. The van der Waals surface area contributed by atoms with Gasteiger partial charge in [0.05, 0.1) is 6.61 Å². The summed E-state index contributed by atoms with van der Waals surface area (Å²) in [5, 5.41) is 3.23. The molecule has 0 aliphatic carbocycles. The SMILES string of the molecule is CCCOc1nc(N)nc(NC(C)C(C)CC)n1. The second-order valence-corrected chi connectivity index (χ2v) is 4.47. The van der Waals surface area contributed by atoms with Crippen molar-refractivity contribution in [2.45, 2.75) is 46.6 Å². The molecule has 3 N–H and O–H groups in total. The third kappa shape index (κ3) is 4.35. The normalized spacial score (nSPS) is 14.0. The molecule has 0 aliphatic rings. The highest BCUT2D eigenvalue weighted by molar-refractivity contribution is 5.33. The van der Waals surface area contributed by atoms with E-state index in [1.807, 2.05) is 6.92 Å². The van der Waals surface area contributed by atoms with Crippen LogP contribution >= 0.6 is 0 Å². The fourth-order valence-electron chi connectivity index (χ4n) is 1.39. The van der Waals surface area contributed by atoms with Crippen LogP contribution in [-0.2, 0) is 0 Å². The van der Waals surface area contributed by atoms with Crippen LogP contribution in [0.3, 0.4) is 0 Å². The number of aromatic nitrogens is 3. The first-order valence-electron chi connectivity index (χ1n) is 6.47. The highest BCUT2D eigenvalue weighted by Crippen LogP contribution is 2.14. The van der Waals surface area contributed by atoms with Gasteiger partial charge in [-0.15, -0.1) is 0 Å². The summed E-state index contributed by atoms with van der Waals surface area (Å²) in [6.07, 6.45) is 1.99. The standard InChI is InChI=1S/C12H23N5O/c1-5-7-18-12-16-10(13)15-11(17-12)14-9(4)8(3)6-2/h8-9H,5-7H2,1-4H3,(H3,13,14,15,16,17). The fourth-order valence-corrected chi connectivity index (χ4v) is 1.39. The van der Waals surface area contributed by atoms with Gasteiger partial charge in [-0.2, -0.15) is 15.0 Å². The topological polar surface area (TPSA) is 86.0 Å². The first-order chi connectivity index (χ1) is 8.56. The van der Waals surface area contributed by atoms with E-state index in [0.29, 0.717) is 18.5 Å². The number of ether oxygens (including phenoxy) is 1. The Balaban J connectivity index is 2.73. The van der Waals surface area contributed by atoms with Gasteiger partial charge in [-0.05, 0) is 19.3 Å². The summed E-state index contributed by atoms with van der Waals surface area (Å²) in [6, 6.07) is 0.555. The molecule has 0 fully saturated rings. The Morgan fingerprint density at radius 2 is 1.94 bits per heavy atom. The van der Waals surface area contributed by atoms with E-state index in [1.54, 1.807) is 0 Å². The van der Waals surface area contributed by atoms with Gasteiger partial charge in [-0.1, -0.05) is 27.2 Å². The number of nitrogens with two attached hydrogens (primary N) is 1. The van der Waals surface area contributed by atoms with E-state index in [4.69, 9.17) is 10.5 Å². The van der Waals surface area contributed by atoms with Crippen LogP contribution in [0.1, 0.15) is 40.5 Å². The molecule has 0 bridgehead atoms. The van der Waals surface area contributed by atoms with Crippen LogP contribution in [0, 0.1) is 5.92 Å². The Morgan fingerprint density at radius 3 is 2.56 bits per heavy atom. The monoisotopic (exact) mass is 253 g/mol. The van der Waals surface area contributed by atoms with Gasteiger partial charge in [0.2, 0.25) is 11.9 Å². The Labute approximate surface area is 108 Å². The molecular weight excluding hydrogens is 230 g/mol. The van der Waals surface area contributed by atoms with Crippen molar-refractivity contribution in [3.05, 3.63) is 0 Å². The minimum atomic E-state index is 0.176. The molecule has 0 radical (unpaired) electrons. The molecule has 0 spiro atoms. The molecule has 1 aromatic heterocycles. The molecule has 1 heterocycles. The molecule has 102 valence electrons. The van der Waals surface area contributed by atoms with Crippen molar-refractivity contribution in [1.82, 2.24) is 15.0 Å². The Kier molecular flexibility index (Phi) is 5.61. The van der Waals surface area contributed by atoms with Crippen molar-refractivity contribution in [3.8, 4) is 6.01 Å². The van der Waals surface area contributed by atoms with Crippen molar-refractivity contribution in [3.63, 3.8) is 0 Å². The lowest BCUT2D eigenvalue weighted by molar-refractivity contribution is 0.292. The molecule has 0 amide bonds. The van der Waals surface area contributed by atoms with Gasteiger partial charge in [0.15, 0.2) is 0 Å². The van der Waals surface area contributed by atoms with E-state index in [2.05, 4.69) is 41.0 Å². The smallest absolute Gasteiger partial charge is 0.323 e. The largest absolute Gasteiger partial charge is 0.463 e. The summed E-state index contributed by atoms with van der Waals surface area (Å²) >= 11 is 0. The van der Waals surface area contributed by atoms with Crippen molar-refractivity contribution in [2.24, 2.45) is 5.92 Å². The first-order valence-corrected chi connectivity index (χ1v) is 6.47. The van der Waals surface area contributed by atoms with Crippen LogP contribution < -0.4 is 15.8 Å². The van der Waals surface area contributed by atoms with Gasteiger partial charge in [-0.25, -0.2) is 0 Å². The molecular formula is C12H23N5O. The van der Waals surface area contributed by atoms with E-state index < -0.39 is 0 Å². The van der Waals surface area contributed by atoms with Gasteiger partial charge in [0, 0.05) is 6.04 Å². The maximum absolute atomic E-state index is 5.63. The number of hydrogen-bond acceptors (Lipinski definition) is 6. The number of anilines is 2. The van der Waals surface area contributed by atoms with Crippen LogP contribution in [0.25, 0.3) is 0 Å². The maximum Gasteiger partial charge on any atom is 0.323 e. The molecule has 1 aromatic rings. The van der Waals surface area contributed by atoms with Gasteiger partial charge in [-0.3, -0.25) is 0 Å². The average Bonchev–Trinajstić information content (AvgIpc) is 2.34. The molecule has 0 aliphatic heterocycles. The quantitative estimate of drug-likeness (QED) is 0.773. The van der Waals surface area contributed by atoms with Crippen LogP contribution in [0.5, 0.6) is 6.01 Å². The summed E-state index contributed by atoms with van der Waals surface area (Å²) in [5.41, 5.74) is 5.63. The number of nitrogens with zero attached hydrogens (tertiary/aromatic N) is 3. The third-order valence-electron chi connectivity index (χ3n) is 2.92. The predicted molar refractivity (Wildman–Crippen MR) is 72.6 cm³/mol. The van der Waals surface area contributed by atoms with Crippen molar-refractivity contribution >= 4 is 11.9 Å². The lowest BCUT2D eigenvalue weighted by Crippen LogP contribution is -2.25. The van der Waals surface area contributed by atoms with E-state index in [1.165, 1.54) is 0 Å². The lowest BCUT2D eigenvalue weighted by atomic mass is 10.0. The molecule has 18 heavy (non-hydrogen) atoms. The minimum absolute atomic E-state index is 0.176. The maximum atomic E-state index is 5.63. The average molecular weight is 253 g/mol.